The van der Waals surface area contributed by atoms with Crippen molar-refractivity contribution in [3.8, 4) is 28.6 Å². The van der Waals surface area contributed by atoms with Gasteiger partial charge >= 0.3 is 12.1 Å². The van der Waals surface area contributed by atoms with Crippen LogP contribution < -0.4 is 9.04 Å². The van der Waals surface area contributed by atoms with Gasteiger partial charge < -0.3 is 14.0 Å². The van der Waals surface area contributed by atoms with Crippen molar-refractivity contribution < 1.29 is 40.4 Å². The highest BCUT2D eigenvalue weighted by Crippen LogP contribution is 2.41. The third-order valence-electron chi connectivity index (χ3n) is 6.23. The monoisotopic (exact) mass is 608 g/mol. The van der Waals surface area contributed by atoms with Crippen LogP contribution in [-0.2, 0) is 25.7 Å². The van der Waals surface area contributed by atoms with Gasteiger partial charge in [-0.25, -0.2) is 8.42 Å². The minimum Gasteiger partial charge on any atom is -0.486 e. The lowest BCUT2D eigenvalue weighted by atomic mass is 10.1. The Morgan fingerprint density at radius 1 is 1.20 bits per heavy atom. The zero-order valence-corrected chi connectivity index (χ0v) is 22.7. The Morgan fingerprint density at radius 2 is 2.00 bits per heavy atom. The van der Waals surface area contributed by atoms with E-state index in [-0.39, 0.29) is 47.6 Å². The standard InChI is InChI=1S/C26H20ClF3N4O6S/c1-38-23(35)8-6-17-14-34(41(36,37)18-4-2-3-16(12-18)26(28,29)30)21-11-15(5-7-22(21)39-17)24-32-25(40-33-24)19-9-10-31-13-20(19)27/h2-5,7,9-13,17H,6,8,14H2,1H3/t17-/m0/s1. The van der Waals surface area contributed by atoms with Gasteiger partial charge in [-0.15, -0.1) is 0 Å². The van der Waals surface area contributed by atoms with E-state index in [1.165, 1.54) is 31.6 Å². The molecule has 0 saturated heterocycles. The molecule has 2 aromatic heterocycles. The molecule has 0 saturated carbocycles. The average molecular weight is 609 g/mol. The van der Waals surface area contributed by atoms with E-state index in [1.54, 1.807) is 12.1 Å². The zero-order chi connectivity index (χ0) is 29.4. The number of esters is 1. The number of hydrogen-bond donors (Lipinski definition) is 0. The maximum Gasteiger partial charge on any atom is 0.416 e. The summed E-state index contributed by atoms with van der Waals surface area (Å²) in [6, 6.07) is 9.52. The average Bonchev–Trinajstić information content (AvgIpc) is 3.45. The molecule has 0 bridgehead atoms. The maximum atomic E-state index is 13.8. The first-order valence-electron chi connectivity index (χ1n) is 12.0. The molecule has 5 rings (SSSR count). The van der Waals surface area contributed by atoms with E-state index in [4.69, 9.17) is 20.9 Å². The number of nitrogens with zero attached hydrogens (tertiary/aromatic N) is 4. The third-order valence-corrected chi connectivity index (χ3v) is 8.30. The molecule has 0 spiro atoms. The fourth-order valence-electron chi connectivity index (χ4n) is 4.17. The lowest BCUT2D eigenvalue weighted by molar-refractivity contribution is -0.141. The Bertz CT molecular complexity index is 1710. The number of benzene rings is 2. The number of aromatic nitrogens is 3. The summed E-state index contributed by atoms with van der Waals surface area (Å²) in [4.78, 5) is 19.4. The maximum absolute atomic E-state index is 13.8. The van der Waals surface area contributed by atoms with Crippen LogP contribution in [-0.4, -0.2) is 49.3 Å². The second kappa shape index (κ2) is 11.0. The van der Waals surface area contributed by atoms with Crippen molar-refractivity contribution in [1.29, 1.82) is 0 Å². The fourth-order valence-corrected chi connectivity index (χ4v) is 5.91. The van der Waals surface area contributed by atoms with Gasteiger partial charge in [0.25, 0.3) is 15.9 Å². The number of anilines is 1. The Balaban J connectivity index is 1.56. The van der Waals surface area contributed by atoms with Gasteiger partial charge in [-0.1, -0.05) is 22.8 Å². The molecule has 0 unspecified atom stereocenters. The number of pyridine rings is 1. The molecule has 10 nitrogen and oxygen atoms in total. The largest absolute Gasteiger partial charge is 0.486 e. The van der Waals surface area contributed by atoms with Crippen LogP contribution in [0.2, 0.25) is 5.02 Å². The Kier molecular flexibility index (Phi) is 7.62. The molecule has 0 aliphatic carbocycles. The second-order valence-electron chi connectivity index (χ2n) is 8.88. The van der Waals surface area contributed by atoms with Gasteiger partial charge in [-0.2, -0.15) is 18.2 Å². The number of carbonyl (C=O) groups is 1. The number of fused-ring (bicyclic) bond motifs is 1. The molecule has 2 aromatic carbocycles. The fraction of sp³-hybridized carbons (Fsp3) is 0.231. The zero-order valence-electron chi connectivity index (χ0n) is 21.1. The van der Waals surface area contributed by atoms with Crippen LogP contribution in [0.25, 0.3) is 22.8 Å². The highest BCUT2D eigenvalue weighted by molar-refractivity contribution is 7.92. The molecule has 0 amide bonds. The van der Waals surface area contributed by atoms with Crippen LogP contribution in [0, 0.1) is 0 Å². The molecule has 1 aliphatic heterocycles. The Labute approximate surface area is 236 Å². The first-order chi connectivity index (χ1) is 19.5. The predicted octanol–water partition coefficient (Wildman–Crippen LogP) is 5.38. The molecule has 41 heavy (non-hydrogen) atoms. The summed E-state index contributed by atoms with van der Waals surface area (Å²) >= 11 is 6.16. The van der Waals surface area contributed by atoms with Crippen molar-refractivity contribution in [2.45, 2.75) is 30.0 Å². The van der Waals surface area contributed by atoms with Crippen molar-refractivity contribution in [2.75, 3.05) is 18.0 Å². The first kappa shape index (κ1) is 28.4. The summed E-state index contributed by atoms with van der Waals surface area (Å²) in [6.07, 6.45) is -2.60. The van der Waals surface area contributed by atoms with E-state index in [9.17, 15) is 26.4 Å². The van der Waals surface area contributed by atoms with Crippen molar-refractivity contribution in [2.24, 2.45) is 0 Å². The van der Waals surface area contributed by atoms with Gasteiger partial charge in [0.05, 0.1) is 40.4 Å². The van der Waals surface area contributed by atoms with E-state index >= 15 is 0 Å². The minimum absolute atomic E-state index is 0.0440. The molecule has 214 valence electrons. The molecule has 0 N–H and O–H groups in total. The van der Waals surface area contributed by atoms with Crippen molar-refractivity contribution >= 4 is 33.3 Å². The quantitative estimate of drug-likeness (QED) is 0.254. The first-order valence-corrected chi connectivity index (χ1v) is 13.8. The summed E-state index contributed by atoms with van der Waals surface area (Å²) in [5, 5.41) is 4.24. The van der Waals surface area contributed by atoms with E-state index < -0.39 is 38.7 Å². The van der Waals surface area contributed by atoms with E-state index in [2.05, 4.69) is 19.9 Å². The number of hydrogen-bond acceptors (Lipinski definition) is 9. The molecular formula is C26H20ClF3N4O6S. The third kappa shape index (κ3) is 5.84. The van der Waals surface area contributed by atoms with Gasteiger partial charge in [0.1, 0.15) is 11.9 Å². The minimum atomic E-state index is -4.75. The molecular weight excluding hydrogens is 589 g/mol. The molecule has 0 fully saturated rings. The van der Waals surface area contributed by atoms with Crippen LogP contribution in [0.15, 0.2) is 70.3 Å². The van der Waals surface area contributed by atoms with E-state index in [1.807, 2.05) is 0 Å². The number of carbonyl (C=O) groups excluding carboxylic acids is 1. The summed E-state index contributed by atoms with van der Waals surface area (Å²) in [6.45, 7) is -0.282. The highest BCUT2D eigenvalue weighted by Gasteiger charge is 2.37. The van der Waals surface area contributed by atoms with Gasteiger partial charge in [-0.05, 0) is 48.9 Å². The summed E-state index contributed by atoms with van der Waals surface area (Å²) in [5.74, 6) is -0.201. The van der Waals surface area contributed by atoms with Crippen molar-refractivity contribution in [1.82, 2.24) is 15.1 Å². The highest BCUT2D eigenvalue weighted by atomic mass is 35.5. The van der Waals surface area contributed by atoms with Gasteiger partial charge in [0, 0.05) is 24.4 Å². The summed E-state index contributed by atoms with van der Waals surface area (Å²) in [5.41, 5.74) is -0.298. The predicted molar refractivity (Wildman–Crippen MR) is 140 cm³/mol. The van der Waals surface area contributed by atoms with Gasteiger partial charge in [-0.3, -0.25) is 14.1 Å². The SMILES string of the molecule is COC(=O)CC[C@H]1CN(S(=O)(=O)c2cccc(C(F)(F)F)c2)c2cc(-c3noc(-c4ccncc4Cl)n3)ccc2O1. The smallest absolute Gasteiger partial charge is 0.416 e. The van der Waals surface area contributed by atoms with Crippen molar-refractivity contribution in [3.05, 3.63) is 71.5 Å². The number of alkyl halides is 3. The topological polar surface area (TPSA) is 125 Å². The molecule has 1 aliphatic rings. The molecule has 15 heteroatoms. The van der Waals surface area contributed by atoms with Crippen LogP contribution in [0.3, 0.4) is 0 Å². The number of rotatable bonds is 7. The van der Waals surface area contributed by atoms with E-state index in [0.29, 0.717) is 17.2 Å². The number of sulfonamides is 1. The van der Waals surface area contributed by atoms with Crippen LogP contribution >= 0.6 is 11.6 Å². The van der Waals surface area contributed by atoms with Crippen LogP contribution in [0.4, 0.5) is 18.9 Å². The number of methoxy groups -OCH3 is 1. The normalized spacial score (nSPS) is 15.2. The number of ether oxygens (including phenoxy) is 2. The van der Waals surface area contributed by atoms with Gasteiger partial charge in [0.2, 0.25) is 5.82 Å². The lowest BCUT2D eigenvalue weighted by Gasteiger charge is -2.35. The summed E-state index contributed by atoms with van der Waals surface area (Å²) < 4.78 is 84.7. The van der Waals surface area contributed by atoms with Crippen LogP contribution in [0.5, 0.6) is 5.75 Å². The molecule has 3 heterocycles. The van der Waals surface area contributed by atoms with E-state index in [0.717, 1.165) is 22.5 Å². The molecule has 0 radical (unpaired) electrons. The van der Waals surface area contributed by atoms with Crippen molar-refractivity contribution in [3.63, 3.8) is 0 Å². The number of halogens is 4. The summed E-state index contributed by atoms with van der Waals surface area (Å²) in [7, 11) is -3.31. The Morgan fingerprint density at radius 3 is 2.73 bits per heavy atom. The van der Waals surface area contributed by atoms with Crippen LogP contribution in [0.1, 0.15) is 18.4 Å². The Hall–Kier alpha value is -4.17. The lowest BCUT2D eigenvalue weighted by Crippen LogP contribution is -2.43. The molecule has 4 aromatic rings. The van der Waals surface area contributed by atoms with Gasteiger partial charge in [0.15, 0.2) is 0 Å². The second-order valence-corrected chi connectivity index (χ2v) is 11.1. The molecule has 1 atom stereocenters.